The summed E-state index contributed by atoms with van der Waals surface area (Å²) in [6, 6.07) is 12.3. The lowest BCUT2D eigenvalue weighted by atomic mass is 10.1. The normalized spacial score (nSPS) is 10.9. The molecule has 0 fully saturated rings. The number of hydrogen-bond donors (Lipinski definition) is 0. The van der Waals surface area contributed by atoms with Gasteiger partial charge in [-0.3, -0.25) is 4.79 Å². The van der Waals surface area contributed by atoms with Crippen LogP contribution in [0.2, 0.25) is 0 Å². The van der Waals surface area contributed by atoms with E-state index in [1.807, 2.05) is 22.9 Å². The monoisotopic (exact) mass is 311 g/mol. The molecule has 0 aliphatic carbocycles. The van der Waals surface area contributed by atoms with Gasteiger partial charge in [-0.2, -0.15) is 0 Å². The molecule has 0 saturated heterocycles. The van der Waals surface area contributed by atoms with Crippen LogP contribution in [0.15, 0.2) is 48.7 Å². The maximum Gasteiger partial charge on any atom is 0.165 e. The fourth-order valence-electron chi connectivity index (χ4n) is 2.84. The number of para-hydroxylation sites is 2. The molecule has 0 radical (unpaired) electrons. The SMILES string of the molecule is CCc1cccc2c(C=O)cn(CCOc3ccccc3F)c12. The zero-order valence-corrected chi connectivity index (χ0v) is 13.0. The van der Waals surface area contributed by atoms with Crippen molar-refractivity contribution in [1.82, 2.24) is 4.57 Å². The Morgan fingerprint density at radius 2 is 2.00 bits per heavy atom. The van der Waals surface area contributed by atoms with Gasteiger partial charge >= 0.3 is 0 Å². The van der Waals surface area contributed by atoms with Crippen LogP contribution in [-0.4, -0.2) is 17.5 Å². The van der Waals surface area contributed by atoms with E-state index in [1.165, 1.54) is 11.6 Å². The molecule has 3 rings (SSSR count). The number of aryl methyl sites for hydroxylation is 1. The van der Waals surface area contributed by atoms with Gasteiger partial charge in [0.1, 0.15) is 6.61 Å². The summed E-state index contributed by atoms with van der Waals surface area (Å²) in [4.78, 5) is 11.3. The van der Waals surface area contributed by atoms with Crippen LogP contribution in [0.1, 0.15) is 22.8 Å². The topological polar surface area (TPSA) is 31.2 Å². The first-order valence-corrected chi connectivity index (χ1v) is 7.67. The van der Waals surface area contributed by atoms with Crippen molar-refractivity contribution in [3.05, 3.63) is 65.6 Å². The molecule has 0 atom stereocenters. The summed E-state index contributed by atoms with van der Waals surface area (Å²) in [6.45, 7) is 2.97. The molecular weight excluding hydrogens is 293 g/mol. The van der Waals surface area contributed by atoms with Crippen molar-refractivity contribution in [2.75, 3.05) is 6.61 Å². The fourth-order valence-corrected chi connectivity index (χ4v) is 2.84. The van der Waals surface area contributed by atoms with Gasteiger partial charge in [0.2, 0.25) is 0 Å². The summed E-state index contributed by atoms with van der Waals surface area (Å²) >= 11 is 0. The van der Waals surface area contributed by atoms with Crippen LogP contribution >= 0.6 is 0 Å². The molecule has 0 N–H and O–H groups in total. The summed E-state index contributed by atoms with van der Waals surface area (Å²) < 4.78 is 21.1. The lowest BCUT2D eigenvalue weighted by Crippen LogP contribution is -2.08. The van der Waals surface area contributed by atoms with E-state index >= 15 is 0 Å². The van der Waals surface area contributed by atoms with Crippen molar-refractivity contribution in [3.63, 3.8) is 0 Å². The highest BCUT2D eigenvalue weighted by molar-refractivity contribution is 5.98. The Kier molecular flexibility index (Phi) is 4.42. The first-order valence-electron chi connectivity index (χ1n) is 7.67. The van der Waals surface area contributed by atoms with Gasteiger partial charge in [0, 0.05) is 17.1 Å². The third kappa shape index (κ3) is 2.97. The van der Waals surface area contributed by atoms with Crippen LogP contribution in [0.3, 0.4) is 0 Å². The van der Waals surface area contributed by atoms with Gasteiger partial charge in [0.25, 0.3) is 0 Å². The Morgan fingerprint density at radius 3 is 2.74 bits per heavy atom. The second kappa shape index (κ2) is 6.65. The minimum absolute atomic E-state index is 0.246. The van der Waals surface area contributed by atoms with Crippen molar-refractivity contribution in [2.24, 2.45) is 0 Å². The molecule has 0 spiro atoms. The van der Waals surface area contributed by atoms with E-state index in [0.717, 1.165) is 23.6 Å². The van der Waals surface area contributed by atoms with Gasteiger partial charge in [-0.1, -0.05) is 37.3 Å². The van der Waals surface area contributed by atoms with Crippen molar-refractivity contribution >= 4 is 17.2 Å². The molecule has 0 bridgehead atoms. The molecule has 3 nitrogen and oxygen atoms in total. The minimum atomic E-state index is -0.368. The lowest BCUT2D eigenvalue weighted by Gasteiger charge is -2.10. The van der Waals surface area contributed by atoms with E-state index in [1.54, 1.807) is 18.2 Å². The van der Waals surface area contributed by atoms with Crippen LogP contribution in [0.5, 0.6) is 5.75 Å². The molecule has 0 aliphatic rings. The maximum absolute atomic E-state index is 13.6. The van der Waals surface area contributed by atoms with E-state index in [0.29, 0.717) is 18.7 Å². The highest BCUT2D eigenvalue weighted by Crippen LogP contribution is 2.24. The minimum Gasteiger partial charge on any atom is -0.489 e. The number of nitrogens with zero attached hydrogens (tertiary/aromatic N) is 1. The fraction of sp³-hybridized carbons (Fsp3) is 0.211. The average molecular weight is 311 g/mol. The number of rotatable bonds is 6. The Balaban J connectivity index is 1.85. The van der Waals surface area contributed by atoms with Crippen molar-refractivity contribution in [1.29, 1.82) is 0 Å². The van der Waals surface area contributed by atoms with Gasteiger partial charge in [-0.15, -0.1) is 0 Å². The van der Waals surface area contributed by atoms with E-state index in [-0.39, 0.29) is 11.6 Å². The number of carbonyl (C=O) groups excluding carboxylic acids is 1. The van der Waals surface area contributed by atoms with Crippen molar-refractivity contribution in [2.45, 2.75) is 19.9 Å². The van der Waals surface area contributed by atoms with Crippen molar-refractivity contribution in [3.8, 4) is 5.75 Å². The summed E-state index contributed by atoms with van der Waals surface area (Å²) in [5.41, 5.74) is 2.90. The van der Waals surface area contributed by atoms with Crippen molar-refractivity contribution < 1.29 is 13.9 Å². The third-order valence-electron chi connectivity index (χ3n) is 3.95. The van der Waals surface area contributed by atoms with Crippen LogP contribution in [0.25, 0.3) is 10.9 Å². The molecule has 118 valence electrons. The number of aldehydes is 1. The number of ether oxygens (including phenoxy) is 1. The Bertz CT molecular complexity index is 839. The molecule has 0 aliphatic heterocycles. The summed E-state index contributed by atoms with van der Waals surface area (Å²) in [5.74, 6) is -0.122. The van der Waals surface area contributed by atoms with Crippen LogP contribution < -0.4 is 4.74 Å². The number of hydrogen-bond acceptors (Lipinski definition) is 2. The number of aromatic nitrogens is 1. The Hall–Kier alpha value is -2.62. The van der Waals surface area contributed by atoms with Gasteiger partial charge in [-0.05, 0) is 24.1 Å². The molecule has 0 saturated carbocycles. The highest BCUT2D eigenvalue weighted by Gasteiger charge is 2.11. The van der Waals surface area contributed by atoms with E-state index in [9.17, 15) is 9.18 Å². The van der Waals surface area contributed by atoms with E-state index in [2.05, 4.69) is 13.0 Å². The largest absolute Gasteiger partial charge is 0.489 e. The summed E-state index contributed by atoms with van der Waals surface area (Å²) in [6.07, 6.45) is 3.59. The summed E-state index contributed by atoms with van der Waals surface area (Å²) in [5, 5.41) is 0.949. The predicted octanol–water partition coefficient (Wildman–Crippen LogP) is 4.23. The maximum atomic E-state index is 13.6. The number of halogens is 1. The lowest BCUT2D eigenvalue weighted by molar-refractivity contribution is 0.112. The highest BCUT2D eigenvalue weighted by atomic mass is 19.1. The standard InChI is InChI=1S/C19H18FNO2/c1-2-14-6-5-7-16-15(13-22)12-21(19(14)16)10-11-23-18-9-4-3-8-17(18)20/h3-9,12-13H,2,10-11H2,1H3. The smallest absolute Gasteiger partial charge is 0.165 e. The first-order chi connectivity index (χ1) is 11.2. The quantitative estimate of drug-likeness (QED) is 0.638. The van der Waals surface area contributed by atoms with E-state index in [4.69, 9.17) is 4.74 Å². The van der Waals surface area contributed by atoms with E-state index < -0.39 is 0 Å². The molecule has 2 aromatic carbocycles. The average Bonchev–Trinajstić information content (AvgIpc) is 2.95. The number of fused-ring (bicyclic) bond motifs is 1. The molecular formula is C19H18FNO2. The van der Waals surface area contributed by atoms with Crippen LogP contribution in [0.4, 0.5) is 4.39 Å². The molecule has 1 heterocycles. The van der Waals surface area contributed by atoms with Gasteiger partial charge < -0.3 is 9.30 Å². The summed E-state index contributed by atoms with van der Waals surface area (Å²) in [7, 11) is 0. The second-order valence-electron chi connectivity index (χ2n) is 5.34. The Labute approximate surface area is 134 Å². The Morgan fingerprint density at radius 1 is 1.17 bits per heavy atom. The zero-order chi connectivity index (χ0) is 16.2. The molecule has 1 aromatic heterocycles. The van der Waals surface area contributed by atoms with Gasteiger partial charge in [0.15, 0.2) is 17.9 Å². The van der Waals surface area contributed by atoms with Gasteiger partial charge in [0.05, 0.1) is 12.1 Å². The second-order valence-corrected chi connectivity index (χ2v) is 5.34. The number of carbonyl (C=O) groups is 1. The zero-order valence-electron chi connectivity index (χ0n) is 13.0. The third-order valence-corrected chi connectivity index (χ3v) is 3.95. The predicted molar refractivity (Wildman–Crippen MR) is 88.6 cm³/mol. The number of benzene rings is 2. The first kappa shape index (κ1) is 15.3. The molecule has 3 aromatic rings. The molecule has 4 heteroatoms. The van der Waals surface area contributed by atoms with Crippen LogP contribution in [-0.2, 0) is 13.0 Å². The molecule has 23 heavy (non-hydrogen) atoms. The molecule has 0 amide bonds. The van der Waals surface area contributed by atoms with Gasteiger partial charge in [-0.25, -0.2) is 4.39 Å². The molecule has 0 unspecified atom stereocenters. The van der Waals surface area contributed by atoms with Crippen LogP contribution in [0, 0.1) is 5.82 Å².